The van der Waals surface area contributed by atoms with Gasteiger partial charge in [0, 0.05) is 36.2 Å². The Morgan fingerprint density at radius 3 is 2.38 bits per heavy atom. The summed E-state index contributed by atoms with van der Waals surface area (Å²) < 4.78 is 5.71. The van der Waals surface area contributed by atoms with Gasteiger partial charge in [0.15, 0.2) is 5.78 Å². The number of fused-ring (bicyclic) bond motifs is 3. The highest BCUT2D eigenvalue weighted by atomic mass is 16.6. The Kier molecular flexibility index (Phi) is 3.51. The van der Waals surface area contributed by atoms with Crippen molar-refractivity contribution < 1.29 is 19.1 Å². The van der Waals surface area contributed by atoms with Crippen molar-refractivity contribution in [2.75, 3.05) is 0 Å². The van der Waals surface area contributed by atoms with Crippen LogP contribution in [0.5, 0.6) is 0 Å². The van der Waals surface area contributed by atoms with E-state index >= 15 is 0 Å². The predicted octanol–water partition coefficient (Wildman–Crippen LogP) is 4.02. The molecule has 0 N–H and O–H groups in total. The third-order valence-electron chi connectivity index (χ3n) is 8.67. The molecule has 26 heavy (non-hydrogen) atoms. The maximum atomic E-state index is 13.4. The Bertz CT molecular complexity index is 734. The van der Waals surface area contributed by atoms with Crippen molar-refractivity contribution in [2.24, 2.45) is 28.1 Å². The van der Waals surface area contributed by atoms with Gasteiger partial charge in [0.1, 0.15) is 11.4 Å². The summed E-state index contributed by atoms with van der Waals surface area (Å²) in [6.07, 6.45) is 5.30. The molecule has 142 valence electrons. The third-order valence-corrected chi connectivity index (χ3v) is 8.67. The van der Waals surface area contributed by atoms with E-state index in [9.17, 15) is 14.4 Å². The molecule has 4 nitrogen and oxygen atoms in total. The lowest BCUT2D eigenvalue weighted by molar-refractivity contribution is -0.183. The lowest BCUT2D eigenvalue weighted by Crippen LogP contribution is -2.60. The molecule has 4 fully saturated rings. The van der Waals surface area contributed by atoms with E-state index in [0.29, 0.717) is 36.5 Å². The maximum absolute atomic E-state index is 13.4. The number of esters is 1. The summed E-state index contributed by atoms with van der Waals surface area (Å²) in [5, 5.41) is 0. The highest BCUT2D eigenvalue weighted by Crippen LogP contribution is 2.71. The van der Waals surface area contributed by atoms with Crippen molar-refractivity contribution in [3.63, 3.8) is 0 Å². The number of ether oxygens (including phenoxy) is 1. The van der Waals surface area contributed by atoms with Crippen LogP contribution in [0.4, 0.5) is 0 Å². The zero-order valence-corrected chi connectivity index (χ0v) is 16.4. The Morgan fingerprint density at radius 2 is 1.73 bits per heavy atom. The summed E-state index contributed by atoms with van der Waals surface area (Å²) in [7, 11) is 0. The van der Waals surface area contributed by atoms with Gasteiger partial charge in [0.2, 0.25) is 0 Å². The molecular weight excluding hydrogens is 328 g/mol. The normalized spacial score (nSPS) is 46.5. The van der Waals surface area contributed by atoms with E-state index in [1.807, 2.05) is 0 Å². The van der Waals surface area contributed by atoms with E-state index in [-0.39, 0.29) is 28.5 Å². The first-order valence-electron chi connectivity index (χ1n) is 9.97. The molecule has 4 aliphatic rings. The fourth-order valence-electron chi connectivity index (χ4n) is 7.55. The molecule has 0 aromatic carbocycles. The Hall–Kier alpha value is -1.45. The second-order valence-electron chi connectivity index (χ2n) is 10.1. The van der Waals surface area contributed by atoms with Gasteiger partial charge in [-0.15, -0.1) is 0 Å². The van der Waals surface area contributed by atoms with Crippen molar-refractivity contribution in [3.05, 3.63) is 12.2 Å². The van der Waals surface area contributed by atoms with Gasteiger partial charge in [-0.2, -0.15) is 0 Å². The van der Waals surface area contributed by atoms with E-state index < -0.39 is 11.0 Å². The monoisotopic (exact) mass is 358 g/mol. The summed E-state index contributed by atoms with van der Waals surface area (Å²) >= 11 is 0. The van der Waals surface area contributed by atoms with Crippen LogP contribution in [0, 0.1) is 28.1 Å². The zero-order valence-electron chi connectivity index (χ0n) is 16.4. The number of hydrogen-bond donors (Lipinski definition) is 0. The molecule has 0 radical (unpaired) electrons. The van der Waals surface area contributed by atoms with Crippen LogP contribution in [-0.4, -0.2) is 23.1 Å². The lowest BCUT2D eigenvalue weighted by Gasteiger charge is -2.62. The quantitative estimate of drug-likeness (QED) is 0.525. The molecule has 0 heterocycles. The van der Waals surface area contributed by atoms with Gasteiger partial charge in [0.05, 0.1) is 0 Å². The minimum absolute atomic E-state index is 0.0156. The first-order valence-corrected chi connectivity index (χ1v) is 9.97. The molecule has 4 heteroatoms. The van der Waals surface area contributed by atoms with Crippen LogP contribution < -0.4 is 0 Å². The summed E-state index contributed by atoms with van der Waals surface area (Å²) in [4.78, 5) is 37.7. The second-order valence-corrected chi connectivity index (χ2v) is 10.1. The van der Waals surface area contributed by atoms with Crippen molar-refractivity contribution >= 4 is 17.5 Å². The molecule has 0 amide bonds. The fraction of sp³-hybridized carbons (Fsp3) is 0.773. The number of Topliss-reactive ketones (excluding diaryl/α,β-unsaturated/α-hetero) is 2. The third kappa shape index (κ3) is 1.94. The van der Waals surface area contributed by atoms with Crippen molar-refractivity contribution in [2.45, 2.75) is 78.2 Å². The van der Waals surface area contributed by atoms with Crippen molar-refractivity contribution in [1.29, 1.82) is 0 Å². The number of ketones is 2. The van der Waals surface area contributed by atoms with Crippen molar-refractivity contribution in [3.8, 4) is 0 Å². The van der Waals surface area contributed by atoms with Gasteiger partial charge in [-0.25, -0.2) is 0 Å². The zero-order chi connectivity index (χ0) is 19.1. The smallest absolute Gasteiger partial charge is 0.303 e. The molecule has 0 aliphatic heterocycles. The number of hydrogen-bond acceptors (Lipinski definition) is 4. The van der Waals surface area contributed by atoms with E-state index in [0.717, 1.165) is 25.7 Å². The standard InChI is InChI=1S/C22H30O4/c1-13-18(25)21-10-6-15-19(3,4)17(24)8-9-20(15,5)16(21)7-11-22(13,12-21)26-14(2)23/h15-16H,1,6-12H2,2-5H3/t15-,16+,20-,21-,22+/m1/s1. The lowest BCUT2D eigenvalue weighted by atomic mass is 9.40. The van der Waals surface area contributed by atoms with Gasteiger partial charge in [-0.05, 0) is 49.4 Å². The van der Waals surface area contributed by atoms with Crippen LogP contribution in [-0.2, 0) is 19.1 Å². The molecule has 4 saturated carbocycles. The predicted molar refractivity (Wildman–Crippen MR) is 97.3 cm³/mol. The minimum atomic E-state index is -0.789. The molecule has 4 aliphatic carbocycles. The SMILES string of the molecule is C=C1C(=O)[C@@]23CC[C@@H]4C(C)(C)C(=O)CC[C@@]4(C)[C@@H]2CC[C@]1(OC(C)=O)C3. The van der Waals surface area contributed by atoms with E-state index in [1.165, 1.54) is 6.92 Å². The number of rotatable bonds is 1. The highest BCUT2D eigenvalue weighted by molar-refractivity contribution is 6.05. The van der Waals surface area contributed by atoms with Crippen LogP contribution in [0.1, 0.15) is 72.6 Å². The van der Waals surface area contributed by atoms with Crippen LogP contribution in [0.2, 0.25) is 0 Å². The van der Waals surface area contributed by atoms with Gasteiger partial charge in [-0.1, -0.05) is 27.4 Å². The first-order chi connectivity index (χ1) is 12.0. The van der Waals surface area contributed by atoms with Crippen LogP contribution in [0.25, 0.3) is 0 Å². The summed E-state index contributed by atoms with van der Waals surface area (Å²) in [6, 6.07) is 0. The fourth-order valence-corrected chi connectivity index (χ4v) is 7.55. The Balaban J connectivity index is 1.77. The summed E-state index contributed by atoms with van der Waals surface area (Å²) in [5.41, 5.74) is -1.08. The Labute approximate surface area is 155 Å². The second kappa shape index (κ2) is 5.08. The van der Waals surface area contributed by atoms with Crippen LogP contribution in [0.15, 0.2) is 12.2 Å². The molecular formula is C22H30O4. The van der Waals surface area contributed by atoms with Gasteiger partial charge >= 0.3 is 5.97 Å². The van der Waals surface area contributed by atoms with Crippen molar-refractivity contribution in [1.82, 2.24) is 0 Å². The van der Waals surface area contributed by atoms with E-state index in [4.69, 9.17) is 4.74 Å². The van der Waals surface area contributed by atoms with E-state index in [1.54, 1.807) is 0 Å². The largest absolute Gasteiger partial charge is 0.454 e. The average Bonchev–Trinajstić information content (AvgIpc) is 2.69. The maximum Gasteiger partial charge on any atom is 0.303 e. The van der Waals surface area contributed by atoms with Crippen LogP contribution in [0.3, 0.4) is 0 Å². The topological polar surface area (TPSA) is 60.4 Å². The molecule has 1 spiro atoms. The minimum Gasteiger partial charge on any atom is -0.454 e. The van der Waals surface area contributed by atoms with Crippen LogP contribution >= 0.6 is 0 Å². The summed E-state index contributed by atoms with van der Waals surface area (Å²) in [6.45, 7) is 12.0. The Morgan fingerprint density at radius 1 is 1.08 bits per heavy atom. The van der Waals surface area contributed by atoms with E-state index in [2.05, 4.69) is 27.4 Å². The number of carbonyl (C=O) groups is 3. The molecule has 2 bridgehead atoms. The number of carbonyl (C=O) groups excluding carboxylic acids is 3. The summed E-state index contributed by atoms with van der Waals surface area (Å²) in [5.74, 6) is 0.712. The van der Waals surface area contributed by atoms with Gasteiger partial charge in [0.25, 0.3) is 0 Å². The molecule has 4 rings (SSSR count). The molecule has 0 saturated heterocycles. The first kappa shape index (κ1) is 17.9. The van der Waals surface area contributed by atoms with Gasteiger partial charge in [-0.3, -0.25) is 14.4 Å². The molecule has 0 aromatic rings. The molecule has 5 atom stereocenters. The molecule has 0 aromatic heterocycles. The molecule has 0 unspecified atom stereocenters. The highest BCUT2D eigenvalue weighted by Gasteiger charge is 2.71. The van der Waals surface area contributed by atoms with Gasteiger partial charge < -0.3 is 4.74 Å². The average molecular weight is 358 g/mol.